The van der Waals surface area contributed by atoms with E-state index in [9.17, 15) is 19.2 Å². The van der Waals surface area contributed by atoms with Crippen LogP contribution in [0.4, 0.5) is 5.69 Å². The highest BCUT2D eigenvalue weighted by Crippen LogP contribution is 2.35. The average molecular weight is 565 g/mol. The van der Waals surface area contributed by atoms with Gasteiger partial charge in [0.2, 0.25) is 17.8 Å². The fourth-order valence-electron chi connectivity index (χ4n) is 4.39. The summed E-state index contributed by atoms with van der Waals surface area (Å²) in [7, 11) is 0. The van der Waals surface area contributed by atoms with E-state index >= 15 is 0 Å². The Balaban J connectivity index is 1.54. The number of aromatic nitrogens is 2. The molecule has 0 aliphatic carbocycles. The molecule has 2 aliphatic heterocycles. The first-order chi connectivity index (χ1) is 17.7. The van der Waals surface area contributed by atoms with Crippen molar-refractivity contribution in [2.75, 3.05) is 11.5 Å². The van der Waals surface area contributed by atoms with Gasteiger partial charge in [0.25, 0.3) is 5.91 Å². The molecular weight excluding hydrogens is 544 g/mol. The first-order valence-electron chi connectivity index (χ1n) is 11.5. The third-order valence-corrected chi connectivity index (χ3v) is 6.75. The number of hydrogen-bond donors (Lipinski definition) is 0. The van der Waals surface area contributed by atoms with E-state index in [4.69, 9.17) is 9.57 Å². The number of Topliss-reactive ketones (excluding diaryl/α,β-unsaturated/α-hetero) is 1. The van der Waals surface area contributed by atoms with Crippen LogP contribution in [0.2, 0.25) is 0 Å². The van der Waals surface area contributed by atoms with Crippen LogP contribution in [0.25, 0.3) is 5.69 Å². The number of hydrogen-bond acceptors (Lipinski definition) is 8. The lowest BCUT2D eigenvalue weighted by Crippen LogP contribution is -2.34. The van der Waals surface area contributed by atoms with Gasteiger partial charge in [-0.05, 0) is 57.2 Å². The quantitative estimate of drug-likeness (QED) is 0.255. The van der Waals surface area contributed by atoms with Crippen LogP contribution in [0.3, 0.4) is 0 Å². The maximum atomic E-state index is 13.8. The number of esters is 1. The van der Waals surface area contributed by atoms with Crippen molar-refractivity contribution < 1.29 is 28.8 Å². The van der Waals surface area contributed by atoms with E-state index in [0.29, 0.717) is 17.1 Å². The lowest BCUT2D eigenvalue weighted by molar-refractivity contribution is -0.126. The predicted octanol–water partition coefficient (Wildman–Crippen LogP) is 3.56. The molecule has 11 heteroatoms. The maximum absolute atomic E-state index is 13.8. The van der Waals surface area contributed by atoms with Gasteiger partial charge in [0.1, 0.15) is 11.6 Å². The molecule has 188 valence electrons. The Morgan fingerprint density at radius 1 is 1.00 bits per heavy atom. The number of ketones is 1. The van der Waals surface area contributed by atoms with Crippen molar-refractivity contribution in [2.45, 2.75) is 26.9 Å². The number of imide groups is 1. The summed E-state index contributed by atoms with van der Waals surface area (Å²) in [6.45, 7) is 5.28. The number of fused-ring (bicyclic) bond motifs is 1. The van der Waals surface area contributed by atoms with Crippen LogP contribution < -0.4 is 4.90 Å². The zero-order valence-corrected chi connectivity index (χ0v) is 21.7. The van der Waals surface area contributed by atoms with E-state index in [1.54, 1.807) is 50.2 Å². The van der Waals surface area contributed by atoms with Gasteiger partial charge in [0.15, 0.2) is 5.69 Å². The summed E-state index contributed by atoms with van der Waals surface area (Å²) in [5, 5.41) is 8.19. The van der Waals surface area contributed by atoms with Crippen LogP contribution in [0.5, 0.6) is 0 Å². The first kappa shape index (κ1) is 24.6. The van der Waals surface area contributed by atoms with E-state index < -0.39 is 35.6 Å². The number of rotatable bonds is 6. The number of anilines is 1. The number of carbonyl (C=O) groups excluding carboxylic acids is 4. The molecule has 5 rings (SSSR count). The van der Waals surface area contributed by atoms with Gasteiger partial charge in [0.05, 0.1) is 29.2 Å². The van der Waals surface area contributed by atoms with Gasteiger partial charge >= 0.3 is 5.97 Å². The Bertz CT molecular complexity index is 1480. The van der Waals surface area contributed by atoms with E-state index in [0.717, 1.165) is 14.9 Å². The number of aryl methyl sites for hydroxylation is 1. The number of benzene rings is 2. The van der Waals surface area contributed by atoms with Crippen LogP contribution in [0, 0.1) is 19.8 Å². The summed E-state index contributed by atoms with van der Waals surface area (Å²) in [5.74, 6) is -4.03. The molecule has 2 unspecified atom stereocenters. The minimum Gasteiger partial charge on any atom is -0.461 e. The second-order valence-electron chi connectivity index (χ2n) is 8.57. The minimum atomic E-state index is -1.27. The van der Waals surface area contributed by atoms with E-state index in [1.807, 2.05) is 19.1 Å². The van der Waals surface area contributed by atoms with Crippen molar-refractivity contribution in [1.82, 2.24) is 9.78 Å². The third-order valence-electron chi connectivity index (χ3n) is 6.22. The number of amides is 2. The molecule has 2 atom stereocenters. The van der Waals surface area contributed by atoms with Gasteiger partial charge in [-0.1, -0.05) is 38.8 Å². The summed E-state index contributed by atoms with van der Waals surface area (Å²) in [6, 6.07) is 14.0. The molecule has 0 saturated carbocycles. The Morgan fingerprint density at radius 3 is 2.30 bits per heavy atom. The zero-order chi connectivity index (χ0) is 26.4. The highest BCUT2D eigenvalue weighted by Gasteiger charge is 2.58. The topological polar surface area (TPSA) is 120 Å². The number of ether oxygens (including phenoxy) is 1. The second kappa shape index (κ2) is 9.40. The smallest absolute Gasteiger partial charge is 0.359 e. The molecule has 0 radical (unpaired) electrons. The van der Waals surface area contributed by atoms with E-state index in [2.05, 4.69) is 26.2 Å². The number of carbonyl (C=O) groups is 4. The Kier molecular flexibility index (Phi) is 6.24. The molecule has 10 nitrogen and oxygen atoms in total. The lowest BCUT2D eigenvalue weighted by atomic mass is 9.92. The summed E-state index contributed by atoms with van der Waals surface area (Å²) >= 11 is 3.32. The van der Waals surface area contributed by atoms with Crippen molar-refractivity contribution in [1.29, 1.82) is 0 Å². The summed E-state index contributed by atoms with van der Waals surface area (Å²) < 4.78 is 7.38. The van der Waals surface area contributed by atoms with Gasteiger partial charge in [0, 0.05) is 4.47 Å². The summed E-state index contributed by atoms with van der Waals surface area (Å²) in [5.41, 5.74) is 1.81. The molecule has 37 heavy (non-hydrogen) atoms. The molecule has 2 aliphatic rings. The SMILES string of the molecule is CCOC(=O)c1nn(-c2ccc(C)cc2)c(C)c1C(=O)C1=NOC2C(=O)N(c3ccc(Br)cc3)C(=O)C12. The molecule has 1 aromatic heterocycles. The molecule has 3 aromatic rings. The summed E-state index contributed by atoms with van der Waals surface area (Å²) in [4.78, 5) is 59.3. The van der Waals surface area contributed by atoms with Crippen LogP contribution in [0.15, 0.2) is 58.2 Å². The van der Waals surface area contributed by atoms with Gasteiger partial charge in [-0.3, -0.25) is 14.4 Å². The van der Waals surface area contributed by atoms with Gasteiger partial charge in [-0.2, -0.15) is 5.10 Å². The third kappa shape index (κ3) is 4.05. The molecule has 0 spiro atoms. The molecule has 2 amide bonds. The molecular formula is C26H21BrN4O6. The van der Waals surface area contributed by atoms with Crippen molar-refractivity contribution in [3.05, 3.63) is 75.5 Å². The van der Waals surface area contributed by atoms with Crippen LogP contribution in [0.1, 0.15) is 39.0 Å². The number of nitrogens with zero attached hydrogens (tertiary/aromatic N) is 4. The highest BCUT2D eigenvalue weighted by atomic mass is 79.9. The highest BCUT2D eigenvalue weighted by molar-refractivity contribution is 9.10. The van der Waals surface area contributed by atoms with Gasteiger partial charge in [-0.15, -0.1) is 0 Å². The molecule has 1 fully saturated rings. The molecule has 2 aromatic carbocycles. The Hall–Kier alpha value is -4.12. The predicted molar refractivity (Wildman–Crippen MR) is 136 cm³/mol. The molecule has 0 N–H and O–H groups in total. The van der Waals surface area contributed by atoms with Crippen LogP contribution >= 0.6 is 15.9 Å². The van der Waals surface area contributed by atoms with Crippen molar-refractivity contribution >= 4 is 50.9 Å². The van der Waals surface area contributed by atoms with Gasteiger partial charge in [-0.25, -0.2) is 14.4 Å². The largest absolute Gasteiger partial charge is 0.461 e. The zero-order valence-electron chi connectivity index (χ0n) is 20.1. The van der Waals surface area contributed by atoms with Crippen molar-refractivity contribution in [2.24, 2.45) is 11.1 Å². The fraction of sp³-hybridized carbons (Fsp3) is 0.231. The number of halogens is 1. The van der Waals surface area contributed by atoms with Crippen LogP contribution in [-0.2, 0) is 19.2 Å². The summed E-state index contributed by atoms with van der Waals surface area (Å²) in [6.07, 6.45) is -1.27. The second-order valence-corrected chi connectivity index (χ2v) is 9.49. The van der Waals surface area contributed by atoms with Crippen LogP contribution in [-0.4, -0.2) is 51.8 Å². The fourth-order valence-corrected chi connectivity index (χ4v) is 4.66. The monoisotopic (exact) mass is 564 g/mol. The Labute approximate surface area is 220 Å². The van der Waals surface area contributed by atoms with Crippen molar-refractivity contribution in [3.63, 3.8) is 0 Å². The standard InChI is InChI=1S/C26H21BrN4O6/c1-4-36-26(35)21-18(14(3)31(28-21)17-9-5-13(2)6-10-17)22(32)20-19-23(37-29-20)25(34)30(24(19)33)16-11-7-15(27)8-12-16/h5-12,19,23H,4H2,1-3H3. The lowest BCUT2D eigenvalue weighted by Gasteiger charge is -2.15. The molecule has 3 heterocycles. The Morgan fingerprint density at radius 2 is 1.65 bits per heavy atom. The van der Waals surface area contributed by atoms with E-state index in [-0.39, 0.29) is 23.6 Å². The first-order valence-corrected chi connectivity index (χ1v) is 12.3. The molecule has 1 saturated heterocycles. The average Bonchev–Trinajstić information content (AvgIpc) is 3.53. The maximum Gasteiger partial charge on any atom is 0.359 e. The van der Waals surface area contributed by atoms with E-state index in [1.165, 1.54) is 4.68 Å². The van der Waals surface area contributed by atoms with Gasteiger partial charge < -0.3 is 9.57 Å². The molecule has 0 bridgehead atoms. The number of oxime groups is 1. The minimum absolute atomic E-state index is 0.0654. The normalized spacial score (nSPS) is 18.5. The van der Waals surface area contributed by atoms with Crippen molar-refractivity contribution in [3.8, 4) is 5.69 Å².